The summed E-state index contributed by atoms with van der Waals surface area (Å²) in [5.74, 6) is -0.826. The minimum atomic E-state index is -0.409. The number of nitrogens with one attached hydrogen (secondary N) is 1. The number of guanidine groups is 1. The van der Waals surface area contributed by atoms with Crippen LogP contribution in [0, 0.1) is 0 Å². The van der Waals surface area contributed by atoms with Crippen molar-refractivity contribution >= 4 is 30.3 Å². The summed E-state index contributed by atoms with van der Waals surface area (Å²) < 4.78 is 9.25. The first-order chi connectivity index (χ1) is 13.5. The van der Waals surface area contributed by atoms with Gasteiger partial charge in [-0.3, -0.25) is 0 Å². The van der Waals surface area contributed by atoms with Gasteiger partial charge in [0.2, 0.25) is 5.96 Å². The average Bonchev–Trinajstić information content (AvgIpc) is 2.73. The Morgan fingerprint density at radius 2 is 1.32 bits per heavy atom. The number of ether oxygens (including phenoxy) is 2. The van der Waals surface area contributed by atoms with E-state index in [1.54, 1.807) is 48.5 Å². The van der Waals surface area contributed by atoms with E-state index in [1.807, 2.05) is 0 Å². The maximum atomic E-state index is 11.4. The Balaban J connectivity index is 1.88. The largest absolute Gasteiger partial charge is 0.465 e. The molecule has 9 heteroatoms. The number of carbonyl (C=O) groups is 2. The number of esters is 2. The molecule has 2 aromatic carbocycles. The van der Waals surface area contributed by atoms with E-state index < -0.39 is 11.9 Å². The molecule has 0 aromatic heterocycles. The molecule has 9 nitrogen and oxygen atoms in total. The fourth-order valence-corrected chi connectivity index (χ4v) is 2.00. The third kappa shape index (κ3) is 6.06. The summed E-state index contributed by atoms with van der Waals surface area (Å²) >= 11 is 0. The van der Waals surface area contributed by atoms with Crippen LogP contribution in [0.15, 0.2) is 63.8 Å². The van der Waals surface area contributed by atoms with Crippen molar-refractivity contribution in [2.75, 3.05) is 14.2 Å². The lowest BCUT2D eigenvalue weighted by Gasteiger charge is -2.00. The predicted octanol–water partition coefficient (Wildman–Crippen LogP) is 1.53. The Kier molecular flexibility index (Phi) is 7.41. The standard InChI is InChI=1S/C19H19N5O4/c1-27-17(25)15-7-3-13(4-8-15)11-21-23-19(20)24-22-12-14-5-9-16(10-6-14)18(26)28-2/h3-12H,1-2H3,(H3,20,23,24)/b21-11+,22-12+. The number of nitrogens with two attached hydrogens (primary N) is 1. The molecule has 3 N–H and O–H groups in total. The normalized spacial score (nSPS) is 11.6. The van der Waals surface area contributed by atoms with Crippen LogP contribution >= 0.6 is 0 Å². The van der Waals surface area contributed by atoms with E-state index in [0.717, 1.165) is 11.1 Å². The average molecular weight is 381 g/mol. The summed E-state index contributed by atoms with van der Waals surface area (Å²) in [4.78, 5) is 22.7. The maximum absolute atomic E-state index is 11.4. The molecule has 0 heterocycles. The fourth-order valence-electron chi connectivity index (χ4n) is 2.00. The lowest BCUT2D eigenvalue weighted by atomic mass is 10.1. The number of carbonyl (C=O) groups excluding carboxylic acids is 2. The SMILES string of the molecule is COC(=O)c1ccc(/C=N/N=C(\N)N/N=C/c2ccc(C(=O)OC)cc2)cc1. The highest BCUT2D eigenvalue weighted by Crippen LogP contribution is 2.05. The number of hydrogen-bond acceptors (Lipinski definition) is 7. The van der Waals surface area contributed by atoms with Gasteiger partial charge >= 0.3 is 11.9 Å². The quantitative estimate of drug-likeness (QED) is 0.338. The zero-order valence-electron chi connectivity index (χ0n) is 15.3. The van der Waals surface area contributed by atoms with Crippen LogP contribution in [0.1, 0.15) is 31.8 Å². The second kappa shape index (κ2) is 10.2. The molecule has 2 aromatic rings. The first-order valence-electron chi connectivity index (χ1n) is 8.06. The van der Waals surface area contributed by atoms with E-state index in [0.29, 0.717) is 11.1 Å². The van der Waals surface area contributed by atoms with Gasteiger partial charge in [0.05, 0.1) is 37.8 Å². The molecule has 0 unspecified atom stereocenters. The lowest BCUT2D eigenvalue weighted by Crippen LogP contribution is -2.26. The summed E-state index contributed by atoms with van der Waals surface area (Å²) in [5.41, 5.74) is 10.6. The van der Waals surface area contributed by atoms with Crippen LogP contribution in [0.5, 0.6) is 0 Å². The summed E-state index contributed by atoms with van der Waals surface area (Å²) in [6.45, 7) is 0. The van der Waals surface area contributed by atoms with Crippen LogP contribution in [0.4, 0.5) is 0 Å². The molecule has 0 radical (unpaired) electrons. The van der Waals surface area contributed by atoms with Gasteiger partial charge in [-0.15, -0.1) is 5.10 Å². The van der Waals surface area contributed by atoms with Crippen molar-refractivity contribution < 1.29 is 19.1 Å². The van der Waals surface area contributed by atoms with Crippen molar-refractivity contribution in [2.24, 2.45) is 21.0 Å². The molecule has 0 saturated carbocycles. The van der Waals surface area contributed by atoms with Crippen LogP contribution in [-0.2, 0) is 9.47 Å². The number of nitrogens with zero attached hydrogens (tertiary/aromatic N) is 3. The molecule has 144 valence electrons. The predicted molar refractivity (Wildman–Crippen MR) is 106 cm³/mol. The van der Waals surface area contributed by atoms with Crippen molar-refractivity contribution in [2.45, 2.75) is 0 Å². The molecule has 0 aliphatic carbocycles. The monoisotopic (exact) mass is 381 g/mol. The zero-order chi connectivity index (χ0) is 20.4. The molecule has 0 spiro atoms. The van der Waals surface area contributed by atoms with Gasteiger partial charge in [0.1, 0.15) is 0 Å². The Morgan fingerprint density at radius 3 is 1.79 bits per heavy atom. The summed E-state index contributed by atoms with van der Waals surface area (Å²) in [6, 6.07) is 13.3. The molecular formula is C19H19N5O4. The van der Waals surface area contributed by atoms with Gasteiger partial charge in [-0.25, -0.2) is 15.0 Å². The molecular weight excluding hydrogens is 362 g/mol. The van der Waals surface area contributed by atoms with Crippen molar-refractivity contribution in [1.82, 2.24) is 5.43 Å². The first kappa shape index (κ1) is 20.3. The minimum absolute atomic E-state index is 0.00939. The summed E-state index contributed by atoms with van der Waals surface area (Å²) in [7, 11) is 2.64. The topological polar surface area (TPSA) is 128 Å². The number of benzene rings is 2. The molecule has 0 saturated heterocycles. The highest BCUT2D eigenvalue weighted by atomic mass is 16.5. The van der Waals surface area contributed by atoms with Gasteiger partial charge in [-0.1, -0.05) is 24.3 Å². The summed E-state index contributed by atoms with van der Waals surface area (Å²) in [6.07, 6.45) is 2.99. The van der Waals surface area contributed by atoms with E-state index in [-0.39, 0.29) is 5.96 Å². The fraction of sp³-hybridized carbons (Fsp3) is 0.105. The summed E-state index contributed by atoms with van der Waals surface area (Å²) in [5, 5.41) is 11.5. The Labute approximate surface area is 161 Å². The molecule has 0 aliphatic rings. The van der Waals surface area contributed by atoms with Gasteiger partial charge < -0.3 is 15.2 Å². The second-order valence-electron chi connectivity index (χ2n) is 5.33. The smallest absolute Gasteiger partial charge is 0.337 e. The van der Waals surface area contributed by atoms with E-state index in [2.05, 4.69) is 30.2 Å². The molecule has 28 heavy (non-hydrogen) atoms. The molecule has 0 fully saturated rings. The highest BCUT2D eigenvalue weighted by molar-refractivity contribution is 5.91. The van der Waals surface area contributed by atoms with Crippen LogP contribution in [0.25, 0.3) is 0 Å². The lowest BCUT2D eigenvalue weighted by molar-refractivity contribution is 0.0592. The molecule has 0 amide bonds. The highest BCUT2D eigenvalue weighted by Gasteiger charge is 2.04. The molecule has 0 atom stereocenters. The number of hydrazone groups is 1. The van der Waals surface area contributed by atoms with Gasteiger partial charge in [0, 0.05) is 0 Å². The van der Waals surface area contributed by atoms with Crippen molar-refractivity contribution in [3.05, 3.63) is 70.8 Å². The zero-order valence-corrected chi connectivity index (χ0v) is 15.3. The third-order valence-electron chi connectivity index (χ3n) is 3.43. The van der Waals surface area contributed by atoms with Gasteiger partial charge in [-0.2, -0.15) is 10.2 Å². The van der Waals surface area contributed by atoms with Crippen molar-refractivity contribution in [3.63, 3.8) is 0 Å². The molecule has 0 bridgehead atoms. The van der Waals surface area contributed by atoms with Crippen LogP contribution < -0.4 is 11.2 Å². The Hall–Kier alpha value is -4.01. The third-order valence-corrected chi connectivity index (χ3v) is 3.43. The number of hydrogen-bond donors (Lipinski definition) is 2. The van der Waals surface area contributed by atoms with Crippen LogP contribution in [-0.4, -0.2) is 44.5 Å². The Morgan fingerprint density at radius 1 is 0.857 bits per heavy atom. The number of rotatable bonds is 6. The van der Waals surface area contributed by atoms with E-state index in [9.17, 15) is 9.59 Å². The van der Waals surface area contributed by atoms with Crippen LogP contribution in [0.3, 0.4) is 0 Å². The second-order valence-corrected chi connectivity index (χ2v) is 5.33. The maximum Gasteiger partial charge on any atom is 0.337 e. The van der Waals surface area contributed by atoms with Gasteiger partial charge in [0.15, 0.2) is 0 Å². The molecule has 2 rings (SSSR count). The van der Waals surface area contributed by atoms with E-state index in [4.69, 9.17) is 5.73 Å². The van der Waals surface area contributed by atoms with E-state index in [1.165, 1.54) is 26.6 Å². The number of methoxy groups -OCH3 is 2. The van der Waals surface area contributed by atoms with Crippen molar-refractivity contribution in [1.29, 1.82) is 0 Å². The minimum Gasteiger partial charge on any atom is -0.465 e. The first-order valence-corrected chi connectivity index (χ1v) is 8.06. The van der Waals surface area contributed by atoms with E-state index >= 15 is 0 Å². The molecule has 0 aliphatic heterocycles. The van der Waals surface area contributed by atoms with Gasteiger partial charge in [-0.05, 0) is 35.4 Å². The Bertz CT molecular complexity index is 903. The van der Waals surface area contributed by atoms with Gasteiger partial charge in [0.25, 0.3) is 0 Å². The van der Waals surface area contributed by atoms with Crippen LogP contribution in [0.2, 0.25) is 0 Å². The van der Waals surface area contributed by atoms with Crippen molar-refractivity contribution in [3.8, 4) is 0 Å².